The molecule has 0 fully saturated rings. The lowest BCUT2D eigenvalue weighted by Crippen LogP contribution is -2.15. The first-order valence-electron chi connectivity index (χ1n) is 7.23. The fraction of sp³-hybridized carbons (Fsp3) is 0.0625. The average Bonchev–Trinajstić information content (AvgIpc) is 3.26. The number of rotatable bonds is 4. The summed E-state index contributed by atoms with van der Waals surface area (Å²) in [6, 6.07) is 7.42. The molecular formula is C16H12N6O2. The zero-order valence-corrected chi connectivity index (χ0v) is 12.5. The summed E-state index contributed by atoms with van der Waals surface area (Å²) in [7, 11) is 0. The van der Waals surface area contributed by atoms with Crippen molar-refractivity contribution in [3.63, 3.8) is 0 Å². The van der Waals surface area contributed by atoms with E-state index in [-0.39, 0.29) is 12.3 Å². The lowest BCUT2D eigenvalue weighted by atomic mass is 10.1. The Balaban J connectivity index is 1.46. The Kier molecular flexibility index (Phi) is 3.47. The predicted octanol–water partition coefficient (Wildman–Crippen LogP) is 1.98. The lowest BCUT2D eigenvalue weighted by Gasteiger charge is -2.04. The van der Waals surface area contributed by atoms with Crippen LogP contribution in [0.15, 0.2) is 59.9 Å². The molecular weight excluding hydrogens is 308 g/mol. The van der Waals surface area contributed by atoms with Gasteiger partial charge in [-0.2, -0.15) is 0 Å². The monoisotopic (exact) mass is 320 g/mol. The molecule has 0 spiro atoms. The summed E-state index contributed by atoms with van der Waals surface area (Å²) in [5, 5.41) is 7.53. The van der Waals surface area contributed by atoms with E-state index in [0.717, 1.165) is 5.39 Å². The molecule has 3 heterocycles. The number of aromatic nitrogens is 5. The van der Waals surface area contributed by atoms with Crippen LogP contribution in [0.4, 0.5) is 5.69 Å². The van der Waals surface area contributed by atoms with Gasteiger partial charge in [0, 0.05) is 17.8 Å². The number of carbonyl (C=O) groups is 1. The highest BCUT2D eigenvalue weighted by molar-refractivity contribution is 5.94. The van der Waals surface area contributed by atoms with Gasteiger partial charge in [-0.3, -0.25) is 9.36 Å². The van der Waals surface area contributed by atoms with E-state index < -0.39 is 0 Å². The maximum atomic E-state index is 12.2. The fourth-order valence-corrected chi connectivity index (χ4v) is 2.32. The van der Waals surface area contributed by atoms with Crippen LogP contribution >= 0.6 is 0 Å². The van der Waals surface area contributed by atoms with Crippen LogP contribution in [0, 0.1) is 0 Å². The van der Waals surface area contributed by atoms with Crippen molar-refractivity contribution >= 4 is 22.6 Å². The molecule has 4 rings (SSSR count). The molecule has 0 aliphatic carbocycles. The number of imidazole rings is 1. The van der Waals surface area contributed by atoms with E-state index in [1.165, 1.54) is 0 Å². The minimum Gasteiger partial charge on any atom is -0.356 e. The van der Waals surface area contributed by atoms with Crippen molar-refractivity contribution in [1.82, 2.24) is 24.7 Å². The van der Waals surface area contributed by atoms with E-state index in [1.54, 1.807) is 35.7 Å². The first-order chi connectivity index (χ1) is 11.8. The Morgan fingerprint density at radius 3 is 2.83 bits per heavy atom. The molecule has 0 atom stereocenters. The number of amides is 1. The highest BCUT2D eigenvalue weighted by atomic mass is 16.5. The summed E-state index contributed by atoms with van der Waals surface area (Å²) in [5.41, 5.74) is 1.77. The van der Waals surface area contributed by atoms with E-state index in [1.807, 2.05) is 24.3 Å². The Morgan fingerprint density at radius 1 is 1.21 bits per heavy atom. The molecule has 0 bridgehead atoms. The third-order valence-electron chi connectivity index (χ3n) is 3.44. The van der Waals surface area contributed by atoms with E-state index in [0.29, 0.717) is 22.9 Å². The number of nitrogens with one attached hydrogen (secondary N) is 1. The lowest BCUT2D eigenvalue weighted by molar-refractivity contribution is -0.115. The summed E-state index contributed by atoms with van der Waals surface area (Å²) in [6.07, 6.45) is 8.18. The Labute approximate surface area is 136 Å². The highest BCUT2D eigenvalue weighted by Gasteiger charge is 2.12. The molecule has 1 aromatic carbocycles. The number of carbonyl (C=O) groups excluding carboxylic acids is 1. The molecule has 0 unspecified atom stereocenters. The molecule has 1 N–H and O–H groups in total. The first kappa shape index (κ1) is 14.1. The van der Waals surface area contributed by atoms with Gasteiger partial charge in [-0.05, 0) is 12.1 Å². The summed E-state index contributed by atoms with van der Waals surface area (Å²) in [5.74, 6) is 0.265. The summed E-state index contributed by atoms with van der Waals surface area (Å²) in [4.78, 5) is 24.5. The van der Waals surface area contributed by atoms with Crippen LogP contribution in [0.5, 0.6) is 0 Å². The zero-order chi connectivity index (χ0) is 16.4. The Hall–Kier alpha value is -3.55. The zero-order valence-electron chi connectivity index (χ0n) is 12.5. The van der Waals surface area contributed by atoms with Crippen molar-refractivity contribution in [1.29, 1.82) is 0 Å². The molecule has 0 saturated carbocycles. The van der Waals surface area contributed by atoms with E-state index >= 15 is 0 Å². The van der Waals surface area contributed by atoms with E-state index in [9.17, 15) is 4.79 Å². The van der Waals surface area contributed by atoms with Crippen molar-refractivity contribution in [3.05, 3.63) is 61.1 Å². The summed E-state index contributed by atoms with van der Waals surface area (Å²) < 4.78 is 6.87. The van der Waals surface area contributed by atoms with Gasteiger partial charge in [0.1, 0.15) is 12.0 Å². The van der Waals surface area contributed by atoms with Crippen molar-refractivity contribution in [2.75, 3.05) is 5.32 Å². The minimum atomic E-state index is -0.215. The van der Waals surface area contributed by atoms with Crippen LogP contribution in [0.25, 0.3) is 16.9 Å². The van der Waals surface area contributed by atoms with Gasteiger partial charge in [0.2, 0.25) is 11.9 Å². The molecule has 24 heavy (non-hydrogen) atoms. The number of nitrogens with zero attached hydrogens (tertiary/aromatic N) is 5. The molecule has 4 aromatic rings. The van der Waals surface area contributed by atoms with Crippen LogP contribution in [0.2, 0.25) is 0 Å². The van der Waals surface area contributed by atoms with Crippen LogP contribution in [-0.2, 0) is 11.2 Å². The SMILES string of the molecule is O=C(Cc1noc2ccccc12)Nc1cnc(-n2ccnc2)nc1. The third kappa shape index (κ3) is 2.72. The number of para-hydroxylation sites is 1. The second-order valence-electron chi connectivity index (χ2n) is 5.09. The van der Waals surface area contributed by atoms with Gasteiger partial charge in [0.25, 0.3) is 0 Å². The molecule has 0 aliphatic heterocycles. The molecule has 3 aromatic heterocycles. The van der Waals surface area contributed by atoms with Crippen LogP contribution < -0.4 is 5.32 Å². The van der Waals surface area contributed by atoms with Crippen molar-refractivity contribution in [3.8, 4) is 5.95 Å². The van der Waals surface area contributed by atoms with Gasteiger partial charge >= 0.3 is 0 Å². The van der Waals surface area contributed by atoms with E-state index in [2.05, 4.69) is 25.4 Å². The van der Waals surface area contributed by atoms with Crippen LogP contribution in [0.3, 0.4) is 0 Å². The first-order valence-corrected chi connectivity index (χ1v) is 7.23. The van der Waals surface area contributed by atoms with Gasteiger partial charge in [-0.1, -0.05) is 17.3 Å². The second-order valence-corrected chi connectivity index (χ2v) is 5.09. The molecule has 8 heteroatoms. The Morgan fingerprint density at radius 2 is 2.04 bits per heavy atom. The van der Waals surface area contributed by atoms with Crippen molar-refractivity contribution in [2.45, 2.75) is 6.42 Å². The van der Waals surface area contributed by atoms with Crippen molar-refractivity contribution < 1.29 is 9.32 Å². The summed E-state index contributed by atoms with van der Waals surface area (Å²) >= 11 is 0. The molecule has 118 valence electrons. The topological polar surface area (TPSA) is 98.7 Å². The van der Waals surface area contributed by atoms with Crippen LogP contribution in [-0.4, -0.2) is 30.6 Å². The number of anilines is 1. The number of hydrogen-bond acceptors (Lipinski definition) is 6. The van der Waals surface area contributed by atoms with Gasteiger partial charge in [-0.15, -0.1) is 0 Å². The van der Waals surface area contributed by atoms with Gasteiger partial charge in [0.05, 0.1) is 24.5 Å². The summed E-state index contributed by atoms with van der Waals surface area (Å²) in [6.45, 7) is 0. The number of benzene rings is 1. The molecule has 1 amide bonds. The normalized spacial score (nSPS) is 10.8. The van der Waals surface area contributed by atoms with Gasteiger partial charge in [-0.25, -0.2) is 15.0 Å². The maximum Gasteiger partial charge on any atom is 0.234 e. The van der Waals surface area contributed by atoms with Crippen LogP contribution in [0.1, 0.15) is 5.69 Å². The third-order valence-corrected chi connectivity index (χ3v) is 3.44. The minimum absolute atomic E-state index is 0.111. The van der Waals surface area contributed by atoms with Gasteiger partial charge in [0.15, 0.2) is 5.58 Å². The quantitative estimate of drug-likeness (QED) is 0.617. The molecule has 8 nitrogen and oxygen atoms in total. The Bertz CT molecular complexity index is 975. The standard InChI is InChI=1S/C16H12N6O2/c23-15(7-13-12-3-1-2-4-14(12)24-21-13)20-11-8-18-16(19-9-11)22-6-5-17-10-22/h1-6,8-10H,7H2,(H,20,23). The highest BCUT2D eigenvalue weighted by Crippen LogP contribution is 2.18. The molecule has 0 saturated heterocycles. The van der Waals surface area contributed by atoms with Gasteiger partial charge < -0.3 is 9.84 Å². The predicted molar refractivity (Wildman–Crippen MR) is 85.5 cm³/mol. The largest absolute Gasteiger partial charge is 0.356 e. The smallest absolute Gasteiger partial charge is 0.234 e. The van der Waals surface area contributed by atoms with Crippen molar-refractivity contribution in [2.24, 2.45) is 0 Å². The average molecular weight is 320 g/mol. The number of fused-ring (bicyclic) bond motifs is 1. The molecule has 0 radical (unpaired) electrons. The fourth-order valence-electron chi connectivity index (χ4n) is 2.32. The maximum absolute atomic E-state index is 12.2. The number of hydrogen-bond donors (Lipinski definition) is 1. The van der Waals surface area contributed by atoms with E-state index in [4.69, 9.17) is 4.52 Å². The second kappa shape index (κ2) is 5.92. The molecule has 0 aliphatic rings.